The van der Waals surface area contributed by atoms with Gasteiger partial charge in [-0.05, 0) is 54.4 Å². The van der Waals surface area contributed by atoms with E-state index in [1.807, 2.05) is 41.5 Å². The molecule has 0 saturated heterocycles. The van der Waals surface area contributed by atoms with Crippen LogP contribution in [-0.4, -0.2) is 33.7 Å². The van der Waals surface area contributed by atoms with Gasteiger partial charge in [-0.3, -0.25) is 20.1 Å². The topological polar surface area (TPSA) is 93.1 Å². The fourth-order valence-electron chi connectivity index (χ4n) is 3.95. The molecule has 0 radical (unpaired) electrons. The maximum Gasteiger partial charge on any atom is 0.306 e. The van der Waals surface area contributed by atoms with Crippen molar-refractivity contribution in [2.75, 3.05) is 0 Å². The van der Waals surface area contributed by atoms with Crippen LogP contribution < -0.4 is 0 Å². The van der Waals surface area contributed by atoms with E-state index < -0.39 is 0 Å². The van der Waals surface area contributed by atoms with Crippen molar-refractivity contribution in [3.63, 3.8) is 0 Å². The SMILES string of the molecule is CCCCCCCCCCCC(=O)OC(C)(C)C.CCCCCCCCCCCC(=O)OC(C)(C)C.OO. The van der Waals surface area contributed by atoms with Gasteiger partial charge in [0.15, 0.2) is 0 Å². The summed E-state index contributed by atoms with van der Waals surface area (Å²) in [6.07, 6.45) is 24.2. The van der Waals surface area contributed by atoms with Gasteiger partial charge in [0.25, 0.3) is 0 Å². The molecule has 230 valence electrons. The second-order valence-electron chi connectivity index (χ2n) is 12.3. The smallest absolute Gasteiger partial charge is 0.306 e. The molecule has 0 aliphatic rings. The van der Waals surface area contributed by atoms with Crippen molar-refractivity contribution in [2.45, 2.75) is 195 Å². The lowest BCUT2D eigenvalue weighted by Crippen LogP contribution is -2.23. The molecule has 0 spiro atoms. The first-order chi connectivity index (χ1) is 17.9. The summed E-state index contributed by atoms with van der Waals surface area (Å²) >= 11 is 0. The van der Waals surface area contributed by atoms with Crippen LogP contribution in [0.4, 0.5) is 0 Å². The van der Waals surface area contributed by atoms with Gasteiger partial charge in [0.05, 0.1) is 0 Å². The number of hydrogen-bond donors (Lipinski definition) is 2. The number of ether oxygens (including phenoxy) is 2. The van der Waals surface area contributed by atoms with E-state index in [-0.39, 0.29) is 23.1 Å². The highest BCUT2D eigenvalue weighted by molar-refractivity contribution is 5.70. The third kappa shape index (κ3) is 42.0. The molecule has 0 atom stereocenters. The number of hydrogen-bond acceptors (Lipinski definition) is 6. The van der Waals surface area contributed by atoms with Gasteiger partial charge in [-0.2, -0.15) is 0 Å². The minimum atomic E-state index is -0.337. The molecule has 6 nitrogen and oxygen atoms in total. The summed E-state index contributed by atoms with van der Waals surface area (Å²) in [5.41, 5.74) is -0.674. The molecule has 0 aliphatic heterocycles. The van der Waals surface area contributed by atoms with Crippen LogP contribution in [0, 0.1) is 0 Å². The van der Waals surface area contributed by atoms with E-state index in [2.05, 4.69) is 13.8 Å². The molecule has 0 amide bonds. The Morgan fingerprint density at radius 3 is 0.868 bits per heavy atom. The lowest BCUT2D eigenvalue weighted by molar-refractivity contribution is -0.176. The van der Waals surface area contributed by atoms with Crippen molar-refractivity contribution in [1.82, 2.24) is 0 Å². The van der Waals surface area contributed by atoms with Gasteiger partial charge in [-0.25, -0.2) is 0 Å². The lowest BCUT2D eigenvalue weighted by Gasteiger charge is -2.19. The van der Waals surface area contributed by atoms with E-state index in [0.29, 0.717) is 12.8 Å². The number of unbranched alkanes of at least 4 members (excludes halogenated alkanes) is 16. The zero-order chi connectivity index (χ0) is 29.7. The molecule has 0 saturated carbocycles. The largest absolute Gasteiger partial charge is 0.460 e. The van der Waals surface area contributed by atoms with E-state index in [9.17, 15) is 9.59 Å². The van der Waals surface area contributed by atoms with Gasteiger partial charge in [0.1, 0.15) is 11.2 Å². The van der Waals surface area contributed by atoms with Crippen LogP contribution in [0.15, 0.2) is 0 Å². The van der Waals surface area contributed by atoms with E-state index >= 15 is 0 Å². The fraction of sp³-hybridized carbons (Fsp3) is 0.938. The molecule has 0 aliphatic carbocycles. The standard InChI is InChI=1S/2C16H32O2.H2O2/c2*1-5-6-7-8-9-10-11-12-13-14-15(17)18-16(2,3)4;1-2/h2*5-14H2,1-4H3;1-2H. The van der Waals surface area contributed by atoms with E-state index in [4.69, 9.17) is 20.0 Å². The van der Waals surface area contributed by atoms with Crippen molar-refractivity contribution in [3.8, 4) is 0 Å². The minimum Gasteiger partial charge on any atom is -0.460 e. The van der Waals surface area contributed by atoms with E-state index in [1.165, 1.54) is 89.9 Å². The fourth-order valence-corrected chi connectivity index (χ4v) is 3.95. The van der Waals surface area contributed by atoms with Gasteiger partial charge < -0.3 is 9.47 Å². The van der Waals surface area contributed by atoms with Gasteiger partial charge in [-0.15, -0.1) is 0 Å². The molecule has 0 aromatic carbocycles. The van der Waals surface area contributed by atoms with Crippen LogP contribution in [-0.2, 0) is 19.1 Å². The average Bonchev–Trinajstić information content (AvgIpc) is 2.81. The predicted octanol–water partition coefficient (Wildman–Crippen LogP) is 10.5. The molecule has 0 heterocycles. The molecule has 0 aromatic rings. The second kappa shape index (κ2) is 28.9. The molecule has 2 N–H and O–H groups in total. The molecule has 0 bridgehead atoms. The Labute approximate surface area is 236 Å². The molecule has 0 unspecified atom stereocenters. The third-order valence-corrected chi connectivity index (χ3v) is 5.81. The summed E-state index contributed by atoms with van der Waals surface area (Å²) in [6, 6.07) is 0. The summed E-state index contributed by atoms with van der Waals surface area (Å²) in [7, 11) is 0. The van der Waals surface area contributed by atoms with Crippen molar-refractivity contribution >= 4 is 11.9 Å². The van der Waals surface area contributed by atoms with Crippen LogP contribution in [0.2, 0.25) is 0 Å². The molecule has 0 rings (SSSR count). The van der Waals surface area contributed by atoms with Crippen LogP contribution in [0.1, 0.15) is 184 Å². The second-order valence-corrected chi connectivity index (χ2v) is 12.3. The zero-order valence-electron chi connectivity index (χ0n) is 26.7. The van der Waals surface area contributed by atoms with Gasteiger partial charge in [-0.1, -0.05) is 117 Å². The lowest BCUT2D eigenvalue weighted by atomic mass is 10.1. The first-order valence-corrected chi connectivity index (χ1v) is 15.5. The maximum atomic E-state index is 11.4. The highest BCUT2D eigenvalue weighted by Crippen LogP contribution is 2.14. The summed E-state index contributed by atoms with van der Waals surface area (Å²) in [6.45, 7) is 16.0. The summed E-state index contributed by atoms with van der Waals surface area (Å²) in [5, 5.41) is 12.0. The van der Waals surface area contributed by atoms with Crippen molar-refractivity contribution < 1.29 is 29.6 Å². The predicted molar refractivity (Wildman–Crippen MR) is 161 cm³/mol. The van der Waals surface area contributed by atoms with Crippen LogP contribution in [0.3, 0.4) is 0 Å². The summed E-state index contributed by atoms with van der Waals surface area (Å²) < 4.78 is 10.5. The first kappa shape index (κ1) is 41.3. The van der Waals surface area contributed by atoms with Crippen LogP contribution in [0.25, 0.3) is 0 Å². The highest BCUT2D eigenvalue weighted by Gasteiger charge is 2.16. The Balaban J connectivity index is -0.000000605. The molecular weight excluding hydrogens is 480 g/mol. The Hall–Kier alpha value is -1.14. The average molecular weight is 547 g/mol. The Morgan fingerprint density at radius 2 is 0.658 bits per heavy atom. The maximum absolute atomic E-state index is 11.4. The van der Waals surface area contributed by atoms with Crippen molar-refractivity contribution in [2.24, 2.45) is 0 Å². The van der Waals surface area contributed by atoms with E-state index in [1.54, 1.807) is 0 Å². The van der Waals surface area contributed by atoms with E-state index in [0.717, 1.165) is 25.7 Å². The van der Waals surface area contributed by atoms with Crippen LogP contribution >= 0.6 is 0 Å². The molecule has 6 heteroatoms. The Morgan fingerprint density at radius 1 is 0.447 bits per heavy atom. The van der Waals surface area contributed by atoms with Crippen molar-refractivity contribution in [3.05, 3.63) is 0 Å². The molecule has 0 aromatic heterocycles. The highest BCUT2D eigenvalue weighted by atomic mass is 17.0. The number of esters is 2. The molecule has 38 heavy (non-hydrogen) atoms. The Bertz CT molecular complexity index is 459. The van der Waals surface area contributed by atoms with Crippen molar-refractivity contribution in [1.29, 1.82) is 0 Å². The monoisotopic (exact) mass is 546 g/mol. The summed E-state index contributed by atoms with van der Waals surface area (Å²) in [4.78, 5) is 22.9. The van der Waals surface area contributed by atoms with Gasteiger partial charge in [0.2, 0.25) is 0 Å². The summed E-state index contributed by atoms with van der Waals surface area (Å²) in [5.74, 6) is -0.101. The zero-order valence-corrected chi connectivity index (χ0v) is 26.7. The van der Waals surface area contributed by atoms with Gasteiger partial charge >= 0.3 is 11.9 Å². The molecule has 0 fully saturated rings. The number of carbonyl (C=O) groups is 2. The van der Waals surface area contributed by atoms with Crippen LogP contribution in [0.5, 0.6) is 0 Å². The minimum absolute atomic E-state index is 0.0505. The molecular formula is C32H66O6. The Kier molecular flexibility index (Phi) is 31.4. The number of rotatable bonds is 20. The number of carbonyl (C=O) groups excluding carboxylic acids is 2. The quantitative estimate of drug-likeness (QED) is 0.0682. The first-order valence-electron chi connectivity index (χ1n) is 15.5. The van der Waals surface area contributed by atoms with Gasteiger partial charge in [0, 0.05) is 12.8 Å². The normalized spacial score (nSPS) is 11.1. The third-order valence-electron chi connectivity index (χ3n) is 5.81.